The summed E-state index contributed by atoms with van der Waals surface area (Å²) in [6.07, 6.45) is -2.31. The molecule has 0 saturated heterocycles. The minimum atomic E-state index is -1.62. The first-order valence-corrected chi connectivity index (χ1v) is 13.0. The van der Waals surface area contributed by atoms with Crippen LogP contribution in [0.5, 0.6) is 11.5 Å². The summed E-state index contributed by atoms with van der Waals surface area (Å²) >= 11 is 0. The normalized spacial score (nSPS) is 13.8. The first kappa shape index (κ1) is 34.5. The number of esters is 1. The highest BCUT2D eigenvalue weighted by atomic mass is 16.8. The summed E-state index contributed by atoms with van der Waals surface area (Å²) in [5.74, 6) is -0.880. The average molecular weight is 570 g/mol. The molecule has 1 aromatic rings. The van der Waals surface area contributed by atoms with Crippen LogP contribution < -0.4 is 15.2 Å². The molecule has 0 amide bonds. The third-order valence-electron chi connectivity index (χ3n) is 5.24. The Kier molecular flexibility index (Phi) is 12.7. The zero-order chi connectivity index (χ0) is 30.7. The number of methoxy groups -OCH3 is 1. The van der Waals surface area contributed by atoms with Crippen LogP contribution in [0.3, 0.4) is 0 Å². The maximum atomic E-state index is 12.6. The number of ether oxygens (including phenoxy) is 7. The quantitative estimate of drug-likeness (QED) is 0.208. The van der Waals surface area contributed by atoms with E-state index in [2.05, 4.69) is 0 Å². The largest absolute Gasteiger partial charge is 0.514 e. The van der Waals surface area contributed by atoms with Crippen LogP contribution in [0.4, 0.5) is 14.4 Å². The smallest absolute Gasteiger partial charge is 0.468 e. The maximum absolute atomic E-state index is 12.6. The monoisotopic (exact) mass is 569 g/mol. The summed E-state index contributed by atoms with van der Waals surface area (Å²) in [7, 11) is 1.18. The molecule has 1 aromatic carbocycles. The van der Waals surface area contributed by atoms with Crippen molar-refractivity contribution in [3.63, 3.8) is 0 Å². The summed E-state index contributed by atoms with van der Waals surface area (Å²) < 4.78 is 36.0. The molecule has 0 aliphatic heterocycles. The Balaban J connectivity index is 3.16. The average Bonchev–Trinajstić information content (AvgIpc) is 2.81. The third-order valence-corrected chi connectivity index (χ3v) is 5.24. The summed E-state index contributed by atoms with van der Waals surface area (Å²) in [6, 6.07) is 4.25. The van der Waals surface area contributed by atoms with Crippen molar-refractivity contribution < 1.29 is 52.3 Å². The van der Waals surface area contributed by atoms with E-state index in [1.807, 2.05) is 13.8 Å². The molecule has 226 valence electrons. The van der Waals surface area contributed by atoms with Gasteiger partial charge in [0.05, 0.1) is 20.3 Å². The Hall–Kier alpha value is -3.54. The molecule has 12 heteroatoms. The molecule has 0 aliphatic rings. The molecule has 0 fully saturated rings. The van der Waals surface area contributed by atoms with E-state index in [1.165, 1.54) is 25.3 Å². The molecule has 12 nitrogen and oxygen atoms in total. The number of hydrogen-bond acceptors (Lipinski definition) is 12. The van der Waals surface area contributed by atoms with Crippen LogP contribution >= 0.6 is 0 Å². The topological polar surface area (TPSA) is 159 Å². The zero-order valence-electron chi connectivity index (χ0n) is 24.9. The summed E-state index contributed by atoms with van der Waals surface area (Å²) in [4.78, 5) is 49.2. The van der Waals surface area contributed by atoms with Crippen LogP contribution in [0.2, 0.25) is 0 Å². The standard InChI is InChI=1S/C28H43NO11/c1-10-18(2)17-36-23(31)35-14-13-28(29,22(30)34-9)16-19-11-12-20(37-24(32)39-26(3,4)5)21(15-19)38-25(33)40-27(6,7)8/h11-12,15,18H,10,13-14,16-17,29H2,1-9H3/t18-,28?/m0/s1. The van der Waals surface area contributed by atoms with Gasteiger partial charge >= 0.3 is 24.4 Å². The van der Waals surface area contributed by atoms with Crippen LogP contribution in [-0.4, -0.2) is 61.5 Å². The molecule has 0 aliphatic carbocycles. The van der Waals surface area contributed by atoms with Gasteiger partial charge in [-0.2, -0.15) is 0 Å². The molecule has 2 N–H and O–H groups in total. The molecule has 0 saturated carbocycles. The predicted molar refractivity (Wildman–Crippen MR) is 144 cm³/mol. The van der Waals surface area contributed by atoms with E-state index >= 15 is 0 Å². The van der Waals surface area contributed by atoms with E-state index in [0.717, 1.165) is 6.42 Å². The molecular weight excluding hydrogens is 526 g/mol. The van der Waals surface area contributed by atoms with E-state index in [1.54, 1.807) is 41.5 Å². The molecule has 0 spiro atoms. The van der Waals surface area contributed by atoms with Gasteiger partial charge < -0.3 is 38.9 Å². The Morgan fingerprint density at radius 1 is 0.850 bits per heavy atom. The van der Waals surface area contributed by atoms with Crippen molar-refractivity contribution in [2.24, 2.45) is 11.7 Å². The molecule has 2 atom stereocenters. The molecule has 1 unspecified atom stereocenters. The molecule has 1 rings (SSSR count). The number of hydrogen-bond donors (Lipinski definition) is 1. The lowest BCUT2D eigenvalue weighted by molar-refractivity contribution is -0.147. The number of nitrogens with two attached hydrogens (primary N) is 1. The van der Waals surface area contributed by atoms with Crippen molar-refractivity contribution >= 4 is 24.4 Å². The van der Waals surface area contributed by atoms with Crippen LogP contribution in [0.1, 0.15) is 73.8 Å². The minimum absolute atomic E-state index is 0.101. The molecule has 0 radical (unpaired) electrons. The Bertz CT molecular complexity index is 1030. The minimum Gasteiger partial charge on any atom is -0.468 e. The maximum Gasteiger partial charge on any atom is 0.514 e. The van der Waals surface area contributed by atoms with Crippen molar-refractivity contribution in [2.75, 3.05) is 20.3 Å². The Morgan fingerprint density at radius 2 is 1.40 bits per heavy atom. The lowest BCUT2D eigenvalue weighted by Gasteiger charge is -2.27. The van der Waals surface area contributed by atoms with E-state index in [-0.39, 0.29) is 43.5 Å². The summed E-state index contributed by atoms with van der Waals surface area (Å²) in [5.41, 5.74) is 3.51. The van der Waals surface area contributed by atoms with Gasteiger partial charge in [-0.05, 0) is 65.2 Å². The molecule has 0 bridgehead atoms. The Labute approximate surface area is 235 Å². The third kappa shape index (κ3) is 13.0. The van der Waals surface area contributed by atoms with Gasteiger partial charge in [-0.15, -0.1) is 0 Å². The van der Waals surface area contributed by atoms with Gasteiger partial charge in [-0.25, -0.2) is 14.4 Å². The van der Waals surface area contributed by atoms with Crippen LogP contribution in [0.15, 0.2) is 18.2 Å². The molecular formula is C28H43NO11. The fraction of sp³-hybridized carbons (Fsp3) is 0.643. The van der Waals surface area contributed by atoms with Crippen molar-refractivity contribution in [3.8, 4) is 11.5 Å². The zero-order valence-corrected chi connectivity index (χ0v) is 24.9. The second kappa shape index (κ2) is 14.7. The van der Waals surface area contributed by atoms with E-state index in [4.69, 9.17) is 38.9 Å². The van der Waals surface area contributed by atoms with E-state index < -0.39 is 41.2 Å². The number of carbonyl (C=O) groups is 4. The van der Waals surface area contributed by atoms with Gasteiger partial charge in [0.1, 0.15) is 16.7 Å². The van der Waals surface area contributed by atoms with Gasteiger partial charge in [0.25, 0.3) is 0 Å². The molecule has 0 heterocycles. The highest BCUT2D eigenvalue weighted by Crippen LogP contribution is 2.32. The number of benzene rings is 1. The summed E-state index contributed by atoms with van der Waals surface area (Å²) in [6.45, 7) is 13.9. The first-order valence-electron chi connectivity index (χ1n) is 13.0. The van der Waals surface area contributed by atoms with Gasteiger partial charge in [0.2, 0.25) is 0 Å². The van der Waals surface area contributed by atoms with Gasteiger partial charge in [-0.3, -0.25) is 4.79 Å². The highest BCUT2D eigenvalue weighted by molar-refractivity contribution is 5.81. The second-order valence-electron chi connectivity index (χ2n) is 11.4. The lowest BCUT2D eigenvalue weighted by Crippen LogP contribution is -2.51. The van der Waals surface area contributed by atoms with Gasteiger partial charge in [0, 0.05) is 12.8 Å². The van der Waals surface area contributed by atoms with Crippen molar-refractivity contribution in [3.05, 3.63) is 23.8 Å². The highest BCUT2D eigenvalue weighted by Gasteiger charge is 2.36. The fourth-order valence-corrected chi connectivity index (χ4v) is 3.06. The van der Waals surface area contributed by atoms with Crippen molar-refractivity contribution in [1.29, 1.82) is 0 Å². The second-order valence-corrected chi connectivity index (χ2v) is 11.4. The van der Waals surface area contributed by atoms with E-state index in [9.17, 15) is 19.2 Å². The van der Waals surface area contributed by atoms with Crippen molar-refractivity contribution in [1.82, 2.24) is 0 Å². The molecule has 40 heavy (non-hydrogen) atoms. The Morgan fingerprint density at radius 3 is 1.90 bits per heavy atom. The van der Waals surface area contributed by atoms with Gasteiger partial charge in [-0.1, -0.05) is 26.3 Å². The number of carbonyl (C=O) groups excluding carboxylic acids is 4. The van der Waals surface area contributed by atoms with Crippen LogP contribution in [-0.2, 0) is 34.9 Å². The van der Waals surface area contributed by atoms with Gasteiger partial charge in [0.15, 0.2) is 11.5 Å². The first-order chi connectivity index (χ1) is 18.4. The SMILES string of the molecule is CC[C@H](C)COC(=O)OCCC(N)(Cc1ccc(OC(=O)OC(C)(C)C)c(OC(=O)OC(C)(C)C)c1)C(=O)OC. The fourth-order valence-electron chi connectivity index (χ4n) is 3.06. The number of rotatable bonds is 11. The lowest BCUT2D eigenvalue weighted by atomic mass is 9.88. The van der Waals surface area contributed by atoms with Crippen molar-refractivity contribution in [2.45, 2.75) is 91.4 Å². The predicted octanol–water partition coefficient (Wildman–Crippen LogP) is 5.32. The van der Waals surface area contributed by atoms with Crippen LogP contribution in [0.25, 0.3) is 0 Å². The van der Waals surface area contributed by atoms with Crippen LogP contribution in [0, 0.1) is 5.92 Å². The van der Waals surface area contributed by atoms with E-state index in [0.29, 0.717) is 5.56 Å². The molecule has 0 aromatic heterocycles. The summed E-state index contributed by atoms with van der Waals surface area (Å²) in [5, 5.41) is 0.